The molecule has 0 aliphatic rings. The monoisotopic (exact) mass is 635 g/mol. The summed E-state index contributed by atoms with van der Waals surface area (Å²) in [6.07, 6.45) is 0. The lowest BCUT2D eigenvalue weighted by molar-refractivity contribution is 1.18. The Balaban J connectivity index is 1.18. The molecule has 0 saturated carbocycles. The smallest absolute Gasteiger partial charge is 0.101 e. The predicted octanol–water partition coefficient (Wildman–Crippen LogP) is 10.8. The molecule has 0 atom stereocenters. The van der Waals surface area contributed by atoms with Gasteiger partial charge in [-0.25, -0.2) is 0 Å². The molecule has 230 valence electrons. The minimum atomic E-state index is 0.343. The highest BCUT2D eigenvalue weighted by molar-refractivity contribution is 6.11. The van der Waals surface area contributed by atoms with E-state index in [-0.39, 0.29) is 0 Å². The van der Waals surface area contributed by atoms with Crippen molar-refractivity contribution in [3.63, 3.8) is 0 Å². The van der Waals surface area contributed by atoms with Gasteiger partial charge in [0.15, 0.2) is 0 Å². The summed E-state index contributed by atoms with van der Waals surface area (Å²) < 4.78 is 4.44. The average Bonchev–Trinajstić information content (AvgIpc) is 3.70. The first-order valence-corrected chi connectivity index (χ1v) is 16.3. The van der Waals surface area contributed by atoms with Gasteiger partial charge in [-0.2, -0.15) is 15.8 Å². The fourth-order valence-corrected chi connectivity index (χ4v) is 7.49. The lowest BCUT2D eigenvalue weighted by Crippen LogP contribution is -2.00. The molecule has 0 aliphatic carbocycles. The topological polar surface area (TPSA) is 81.2 Å². The molecule has 9 aromatic rings. The van der Waals surface area contributed by atoms with Gasteiger partial charge in [-0.05, 0) is 60.2 Å². The van der Waals surface area contributed by atoms with E-state index in [4.69, 9.17) is 0 Å². The van der Waals surface area contributed by atoms with Crippen LogP contribution in [-0.2, 0) is 0 Å². The van der Waals surface area contributed by atoms with Crippen molar-refractivity contribution in [1.82, 2.24) is 9.13 Å². The Morgan fingerprint density at radius 1 is 0.380 bits per heavy atom. The molecule has 0 spiro atoms. The van der Waals surface area contributed by atoms with E-state index in [9.17, 15) is 15.8 Å². The Hall–Kier alpha value is -7.39. The van der Waals surface area contributed by atoms with Crippen molar-refractivity contribution in [2.75, 3.05) is 0 Å². The first-order chi connectivity index (χ1) is 24.7. The number of para-hydroxylation sites is 4. The number of hydrogen-bond donors (Lipinski definition) is 0. The molecule has 2 aromatic heterocycles. The van der Waals surface area contributed by atoms with Gasteiger partial charge in [0.2, 0.25) is 0 Å². The molecule has 0 aliphatic heterocycles. The number of aromatic nitrogens is 2. The molecule has 0 saturated heterocycles. The maximum Gasteiger partial charge on any atom is 0.101 e. The van der Waals surface area contributed by atoms with Crippen LogP contribution in [0, 0.1) is 34.0 Å². The molecule has 0 N–H and O–H groups in total. The van der Waals surface area contributed by atoms with E-state index < -0.39 is 0 Å². The minimum absolute atomic E-state index is 0.343. The van der Waals surface area contributed by atoms with Gasteiger partial charge >= 0.3 is 0 Å². The Bertz CT molecular complexity index is 2900. The summed E-state index contributed by atoms with van der Waals surface area (Å²) in [5.41, 5.74) is 10.5. The normalized spacial score (nSPS) is 11.1. The van der Waals surface area contributed by atoms with Crippen LogP contribution in [0.4, 0.5) is 0 Å². The Morgan fingerprint density at radius 2 is 0.900 bits per heavy atom. The molecule has 0 bridgehead atoms. The summed E-state index contributed by atoms with van der Waals surface area (Å²) in [6, 6.07) is 57.8. The first kappa shape index (κ1) is 28.8. The standard InChI is InChI=1S/C45H25N5/c46-26-29-17-24-45-38(25-29)37-12-4-5-13-41(37)49(45)31-20-18-30(19-21-31)32-22-23-33(40(28-48)39(32)27-47)34-9-1-6-14-42(34)50-43-15-7-2-10-35(43)36-11-3-8-16-44(36)50/h1-25H. The summed E-state index contributed by atoms with van der Waals surface area (Å²) >= 11 is 0. The van der Waals surface area contributed by atoms with Gasteiger partial charge in [0.25, 0.3) is 0 Å². The lowest BCUT2D eigenvalue weighted by atomic mass is 9.89. The van der Waals surface area contributed by atoms with Crippen LogP contribution in [0.2, 0.25) is 0 Å². The maximum absolute atomic E-state index is 10.6. The summed E-state index contributed by atoms with van der Waals surface area (Å²) in [7, 11) is 0. The van der Waals surface area contributed by atoms with Gasteiger partial charge in [0.05, 0.1) is 50.5 Å². The number of nitriles is 3. The van der Waals surface area contributed by atoms with Crippen molar-refractivity contribution in [2.45, 2.75) is 0 Å². The Labute approximate surface area is 287 Å². The fraction of sp³-hybridized carbons (Fsp3) is 0. The Kier molecular flexibility index (Phi) is 6.56. The molecule has 5 nitrogen and oxygen atoms in total. The van der Waals surface area contributed by atoms with Crippen molar-refractivity contribution in [3.05, 3.63) is 168 Å². The molecule has 0 fully saturated rings. The molecule has 5 heteroatoms. The first-order valence-electron chi connectivity index (χ1n) is 16.3. The molecule has 0 unspecified atom stereocenters. The molecular weight excluding hydrogens is 611 g/mol. The Morgan fingerprint density at radius 3 is 1.54 bits per heavy atom. The van der Waals surface area contributed by atoms with Gasteiger partial charge in [0.1, 0.15) is 12.1 Å². The van der Waals surface area contributed by atoms with Crippen LogP contribution in [0.25, 0.3) is 77.2 Å². The van der Waals surface area contributed by atoms with Crippen LogP contribution >= 0.6 is 0 Å². The van der Waals surface area contributed by atoms with Gasteiger partial charge in [-0.15, -0.1) is 0 Å². The zero-order chi connectivity index (χ0) is 33.8. The van der Waals surface area contributed by atoms with Crippen LogP contribution in [0.3, 0.4) is 0 Å². The van der Waals surface area contributed by atoms with Crippen molar-refractivity contribution in [1.29, 1.82) is 15.8 Å². The lowest BCUT2D eigenvalue weighted by Gasteiger charge is -2.17. The second-order valence-corrected chi connectivity index (χ2v) is 12.3. The van der Waals surface area contributed by atoms with Crippen molar-refractivity contribution in [3.8, 4) is 51.8 Å². The highest BCUT2D eigenvalue weighted by atomic mass is 15.0. The summed E-state index contributed by atoms with van der Waals surface area (Å²) in [6.45, 7) is 0. The largest absolute Gasteiger partial charge is 0.309 e. The highest BCUT2D eigenvalue weighted by Crippen LogP contribution is 2.40. The maximum atomic E-state index is 10.6. The average molecular weight is 636 g/mol. The summed E-state index contributed by atoms with van der Waals surface area (Å²) in [4.78, 5) is 0. The van der Waals surface area contributed by atoms with Crippen LogP contribution in [0.15, 0.2) is 152 Å². The van der Waals surface area contributed by atoms with Gasteiger partial charge in [-0.1, -0.05) is 97.1 Å². The van der Waals surface area contributed by atoms with Crippen molar-refractivity contribution in [2.24, 2.45) is 0 Å². The highest BCUT2D eigenvalue weighted by Gasteiger charge is 2.21. The fourth-order valence-electron chi connectivity index (χ4n) is 7.49. The van der Waals surface area contributed by atoms with Gasteiger partial charge in [0, 0.05) is 43.9 Å². The van der Waals surface area contributed by atoms with Crippen molar-refractivity contribution < 1.29 is 0 Å². The number of fused-ring (bicyclic) bond motifs is 6. The zero-order valence-corrected chi connectivity index (χ0v) is 26.7. The summed E-state index contributed by atoms with van der Waals surface area (Å²) in [5.74, 6) is 0. The molecule has 0 radical (unpaired) electrons. The minimum Gasteiger partial charge on any atom is -0.309 e. The molecule has 9 rings (SSSR count). The zero-order valence-electron chi connectivity index (χ0n) is 26.7. The molecule has 2 heterocycles. The second-order valence-electron chi connectivity index (χ2n) is 12.3. The van der Waals surface area contributed by atoms with Crippen LogP contribution in [0.1, 0.15) is 16.7 Å². The van der Waals surface area contributed by atoms with E-state index in [1.54, 1.807) is 0 Å². The molecule has 7 aromatic carbocycles. The number of nitrogens with zero attached hydrogens (tertiary/aromatic N) is 5. The second kappa shape index (κ2) is 11.4. The molecule has 50 heavy (non-hydrogen) atoms. The van der Waals surface area contributed by atoms with Crippen molar-refractivity contribution >= 4 is 43.6 Å². The predicted molar refractivity (Wildman–Crippen MR) is 200 cm³/mol. The quantitative estimate of drug-likeness (QED) is 0.193. The number of rotatable bonds is 4. The van der Waals surface area contributed by atoms with E-state index in [0.29, 0.717) is 27.8 Å². The van der Waals surface area contributed by atoms with Gasteiger partial charge < -0.3 is 9.13 Å². The van der Waals surface area contributed by atoms with Crippen LogP contribution in [-0.4, -0.2) is 9.13 Å². The van der Waals surface area contributed by atoms with E-state index in [1.807, 2.05) is 97.1 Å². The third-order valence-electron chi connectivity index (χ3n) is 9.68. The SMILES string of the molecule is N#Cc1ccc2c(c1)c1ccccc1n2-c1ccc(-c2ccc(-c3ccccc3-n3c4ccccc4c4ccccc43)c(C#N)c2C#N)cc1. The molecular formula is C45H25N5. The van der Waals surface area contributed by atoms with E-state index >= 15 is 0 Å². The third-order valence-corrected chi connectivity index (χ3v) is 9.68. The third kappa shape index (κ3) is 4.24. The number of hydrogen-bond acceptors (Lipinski definition) is 3. The van der Waals surface area contributed by atoms with Gasteiger partial charge in [-0.3, -0.25) is 0 Å². The van der Waals surface area contributed by atoms with Crippen LogP contribution < -0.4 is 0 Å². The number of benzene rings is 7. The molecule has 0 amide bonds. The van der Waals surface area contributed by atoms with E-state index in [0.717, 1.165) is 66.1 Å². The summed E-state index contributed by atoms with van der Waals surface area (Å²) in [5, 5.41) is 35.1. The van der Waals surface area contributed by atoms with E-state index in [2.05, 4.69) is 81.9 Å². The van der Waals surface area contributed by atoms with E-state index in [1.165, 1.54) is 0 Å². The van der Waals surface area contributed by atoms with Crippen LogP contribution in [0.5, 0.6) is 0 Å².